The maximum atomic E-state index is 9.70. The molecule has 9 nitrogen and oxygen atoms in total. The van der Waals surface area contributed by atoms with Gasteiger partial charge in [0.15, 0.2) is 5.03 Å². The minimum Gasteiger partial charge on any atom is -0.355 e. The van der Waals surface area contributed by atoms with Crippen molar-refractivity contribution in [3.05, 3.63) is 20.2 Å². The molecule has 0 aliphatic rings. The second-order valence-corrected chi connectivity index (χ2v) is 1.29. The Bertz CT molecular complexity index is 180. The standard InChI is InChI=1S/C2H4N2O3.CH4N2O2/c1-3-2(5)4(6)7;1-2-3(4)5/h1H3,(H,3,5);2H,1H3. The number of hydrazine groups is 1. The molecule has 0 aliphatic carbocycles. The first-order chi connectivity index (χ1) is 5.45. The Morgan fingerprint density at radius 3 is 1.58 bits per heavy atom. The van der Waals surface area contributed by atoms with Gasteiger partial charge in [0.25, 0.3) is 0 Å². The summed E-state index contributed by atoms with van der Waals surface area (Å²) < 4.78 is 0. The summed E-state index contributed by atoms with van der Waals surface area (Å²) >= 11 is 0. The molecule has 12 heavy (non-hydrogen) atoms. The third-order valence-corrected chi connectivity index (χ3v) is 0.562. The summed E-state index contributed by atoms with van der Waals surface area (Å²) in [5, 5.41) is 19.6. The molecule has 70 valence electrons. The number of hydrogen-bond acceptors (Lipinski definition) is 5. The van der Waals surface area contributed by atoms with Crippen LogP contribution in [-0.4, -0.2) is 30.1 Å². The molecule has 0 radical (unpaired) electrons. The van der Waals surface area contributed by atoms with Crippen LogP contribution in [0.1, 0.15) is 0 Å². The first kappa shape index (κ1) is 12.7. The smallest absolute Gasteiger partial charge is 0.355 e. The molecule has 0 aromatic carbocycles. The quantitative estimate of drug-likeness (QED) is 0.393. The average Bonchev–Trinajstić information content (AvgIpc) is 2.04. The van der Waals surface area contributed by atoms with E-state index >= 15 is 0 Å². The minimum absolute atomic E-state index is 0.625. The second-order valence-electron chi connectivity index (χ2n) is 1.29. The van der Waals surface area contributed by atoms with Crippen LogP contribution < -0.4 is 10.7 Å². The summed E-state index contributed by atoms with van der Waals surface area (Å²) in [6.07, 6.45) is 0. The summed E-state index contributed by atoms with van der Waals surface area (Å²) in [6, 6.07) is -1.18. The van der Waals surface area contributed by atoms with E-state index in [0.717, 1.165) is 0 Å². The van der Waals surface area contributed by atoms with Gasteiger partial charge in [-0.2, -0.15) is 4.79 Å². The molecular weight excluding hydrogens is 172 g/mol. The van der Waals surface area contributed by atoms with Gasteiger partial charge in [-0.15, -0.1) is 5.43 Å². The number of nitro groups is 2. The fraction of sp³-hybridized carbons (Fsp3) is 0.667. The van der Waals surface area contributed by atoms with Gasteiger partial charge in [-0.1, -0.05) is 0 Å². The summed E-state index contributed by atoms with van der Waals surface area (Å²) in [5.74, 6) is 0. The Labute approximate surface area is 67.0 Å². The van der Waals surface area contributed by atoms with Gasteiger partial charge in [0.2, 0.25) is 0 Å². The van der Waals surface area contributed by atoms with Crippen molar-refractivity contribution < 1.29 is 14.8 Å². The molecular formula is C3H8N4O5. The van der Waals surface area contributed by atoms with E-state index in [0.29, 0.717) is 0 Å². The third kappa shape index (κ3) is 10.9. The van der Waals surface area contributed by atoms with Crippen molar-refractivity contribution in [2.24, 2.45) is 0 Å². The molecule has 0 fully saturated rings. The summed E-state index contributed by atoms with van der Waals surface area (Å²) in [5.41, 5.74) is 1.75. The molecule has 0 saturated carbocycles. The van der Waals surface area contributed by atoms with E-state index in [1.807, 2.05) is 5.32 Å². The van der Waals surface area contributed by atoms with Gasteiger partial charge in [-0.05, 0) is 0 Å². The monoisotopic (exact) mass is 180 g/mol. The molecule has 0 heterocycles. The Hall–Kier alpha value is -1.93. The van der Waals surface area contributed by atoms with E-state index in [4.69, 9.17) is 10.1 Å². The topological polar surface area (TPSA) is 127 Å². The second kappa shape index (κ2) is 7.18. The number of urea groups is 1. The number of amides is 2. The highest BCUT2D eigenvalue weighted by molar-refractivity contribution is 5.64. The van der Waals surface area contributed by atoms with Gasteiger partial charge in [0, 0.05) is 4.92 Å². The molecule has 2 amide bonds. The van der Waals surface area contributed by atoms with E-state index in [2.05, 4.69) is 0 Å². The zero-order valence-electron chi connectivity index (χ0n) is 6.44. The number of hydrogen-bond donors (Lipinski definition) is 2. The van der Waals surface area contributed by atoms with E-state index in [1.165, 1.54) is 14.1 Å². The molecule has 0 rings (SSSR count). The van der Waals surface area contributed by atoms with Crippen molar-refractivity contribution in [2.45, 2.75) is 0 Å². The molecule has 0 aromatic rings. The lowest BCUT2D eigenvalue weighted by Gasteiger charge is -1.85. The number of rotatable bonds is 1. The zero-order valence-corrected chi connectivity index (χ0v) is 6.44. The summed E-state index contributed by atoms with van der Waals surface area (Å²) in [4.78, 5) is 27.1. The van der Waals surface area contributed by atoms with Gasteiger partial charge < -0.3 is 10.1 Å². The number of carbonyl (C=O) groups excluding carboxylic acids is 1. The molecule has 2 N–H and O–H groups in total. The Morgan fingerprint density at radius 1 is 1.25 bits per heavy atom. The van der Waals surface area contributed by atoms with Crippen LogP contribution in [0.5, 0.6) is 0 Å². The largest absolute Gasteiger partial charge is 0.531 e. The number of nitrogens with zero attached hydrogens (tertiary/aromatic N) is 2. The normalized spacial score (nSPS) is 7.17. The van der Waals surface area contributed by atoms with E-state index in [9.17, 15) is 14.9 Å². The Balaban J connectivity index is 0. The third-order valence-electron chi connectivity index (χ3n) is 0.562. The predicted octanol–water partition coefficient (Wildman–Crippen LogP) is -1.000. The molecule has 0 unspecified atom stereocenters. The molecule has 0 aliphatic heterocycles. The lowest BCUT2D eigenvalue weighted by molar-refractivity contribution is -0.538. The van der Waals surface area contributed by atoms with Crippen LogP contribution in [0.4, 0.5) is 4.79 Å². The van der Waals surface area contributed by atoms with Gasteiger partial charge in [-0.3, -0.25) is 0 Å². The van der Waals surface area contributed by atoms with Crippen LogP contribution in [0, 0.1) is 20.2 Å². The summed E-state index contributed by atoms with van der Waals surface area (Å²) in [7, 11) is 2.45. The van der Waals surface area contributed by atoms with Crippen LogP contribution in [0.25, 0.3) is 0 Å². The van der Waals surface area contributed by atoms with Crippen LogP contribution in [0.2, 0.25) is 0 Å². The van der Waals surface area contributed by atoms with Crippen molar-refractivity contribution in [2.75, 3.05) is 14.1 Å². The van der Waals surface area contributed by atoms with Crippen molar-refractivity contribution in [3.63, 3.8) is 0 Å². The fourth-order valence-electron chi connectivity index (χ4n) is 0.0913. The van der Waals surface area contributed by atoms with E-state index < -0.39 is 16.0 Å². The van der Waals surface area contributed by atoms with Gasteiger partial charge >= 0.3 is 6.03 Å². The van der Waals surface area contributed by atoms with Gasteiger partial charge in [-0.25, -0.2) is 15.4 Å². The van der Waals surface area contributed by atoms with E-state index in [1.54, 1.807) is 5.43 Å². The molecule has 0 atom stereocenters. The molecule has 9 heteroatoms. The Kier molecular flexibility index (Phi) is 7.61. The fourth-order valence-corrected chi connectivity index (χ4v) is 0.0913. The number of carbonyl (C=O) groups is 1. The Morgan fingerprint density at radius 2 is 1.58 bits per heavy atom. The van der Waals surface area contributed by atoms with Crippen molar-refractivity contribution in [1.29, 1.82) is 0 Å². The van der Waals surface area contributed by atoms with Crippen LogP contribution in [-0.2, 0) is 0 Å². The molecule has 0 saturated heterocycles. The van der Waals surface area contributed by atoms with Crippen LogP contribution >= 0.6 is 0 Å². The maximum Gasteiger partial charge on any atom is 0.531 e. The van der Waals surface area contributed by atoms with Crippen molar-refractivity contribution >= 4 is 6.03 Å². The molecule has 0 bridgehead atoms. The first-order valence-electron chi connectivity index (χ1n) is 2.63. The SMILES string of the molecule is CNC(=O)[N+](=O)[O-].CN[N+](=O)[O-]. The van der Waals surface area contributed by atoms with Gasteiger partial charge in [0.05, 0.1) is 14.1 Å². The highest BCUT2D eigenvalue weighted by Crippen LogP contribution is 1.65. The molecule has 0 aromatic heterocycles. The minimum atomic E-state index is -1.18. The van der Waals surface area contributed by atoms with Crippen LogP contribution in [0.15, 0.2) is 0 Å². The predicted molar refractivity (Wildman–Crippen MR) is 37.5 cm³/mol. The highest BCUT2D eigenvalue weighted by atomic mass is 16.7. The summed E-state index contributed by atoms with van der Waals surface area (Å²) in [6.45, 7) is 0. The lowest BCUT2D eigenvalue weighted by atomic mass is 11.0. The average molecular weight is 180 g/mol. The zero-order chi connectivity index (χ0) is 10.1. The number of nitrogens with one attached hydrogen (secondary N) is 2. The van der Waals surface area contributed by atoms with Crippen molar-refractivity contribution in [3.8, 4) is 0 Å². The molecule has 0 spiro atoms. The first-order valence-corrected chi connectivity index (χ1v) is 2.63. The van der Waals surface area contributed by atoms with Crippen LogP contribution in [0.3, 0.4) is 0 Å². The lowest BCUT2D eigenvalue weighted by Crippen LogP contribution is -2.24. The van der Waals surface area contributed by atoms with E-state index in [-0.39, 0.29) is 0 Å². The highest BCUT2D eigenvalue weighted by Gasteiger charge is 2.04. The van der Waals surface area contributed by atoms with Crippen molar-refractivity contribution in [1.82, 2.24) is 10.7 Å². The van der Waals surface area contributed by atoms with Gasteiger partial charge in [0.1, 0.15) is 0 Å². The maximum absolute atomic E-state index is 9.70.